The quantitative estimate of drug-likeness (QED) is 0.708. The van der Waals surface area contributed by atoms with Gasteiger partial charge in [-0.1, -0.05) is 24.3 Å². The van der Waals surface area contributed by atoms with Crippen LogP contribution in [0.25, 0.3) is 11.1 Å². The van der Waals surface area contributed by atoms with Gasteiger partial charge in [0.1, 0.15) is 11.9 Å². The van der Waals surface area contributed by atoms with Gasteiger partial charge in [0.25, 0.3) is 0 Å². The van der Waals surface area contributed by atoms with Gasteiger partial charge >= 0.3 is 5.97 Å². The molecule has 0 unspecified atom stereocenters. The summed E-state index contributed by atoms with van der Waals surface area (Å²) in [6.07, 6.45) is 1.88. The number of aryl methyl sites for hydroxylation is 1. The molecule has 2 amide bonds. The van der Waals surface area contributed by atoms with Crippen LogP contribution in [0, 0.1) is 12.8 Å². The van der Waals surface area contributed by atoms with Gasteiger partial charge < -0.3 is 19.7 Å². The van der Waals surface area contributed by atoms with E-state index in [1.165, 1.54) is 7.11 Å². The van der Waals surface area contributed by atoms with Gasteiger partial charge in [-0.3, -0.25) is 9.59 Å². The predicted octanol–water partition coefficient (Wildman–Crippen LogP) is 3.13. The van der Waals surface area contributed by atoms with Crippen molar-refractivity contribution in [2.45, 2.75) is 39.2 Å². The zero-order chi connectivity index (χ0) is 23.5. The van der Waals surface area contributed by atoms with Gasteiger partial charge in [0.2, 0.25) is 11.8 Å². The molecule has 2 heterocycles. The molecule has 0 spiro atoms. The Morgan fingerprint density at radius 1 is 1.12 bits per heavy atom. The molecule has 174 valence electrons. The molecule has 2 aliphatic heterocycles. The Kier molecular flexibility index (Phi) is 6.67. The summed E-state index contributed by atoms with van der Waals surface area (Å²) in [6, 6.07) is 11.5. The average molecular weight is 451 g/mol. The van der Waals surface area contributed by atoms with Crippen LogP contribution in [0.15, 0.2) is 36.4 Å². The Morgan fingerprint density at radius 3 is 2.55 bits per heavy atom. The number of hydrogen-bond donors (Lipinski definition) is 1. The van der Waals surface area contributed by atoms with Crippen LogP contribution in [0.2, 0.25) is 0 Å². The highest BCUT2D eigenvalue weighted by Gasteiger charge is 2.30. The fraction of sp³-hybridized carbons (Fsp3) is 0.423. The highest BCUT2D eigenvalue weighted by Crippen LogP contribution is 2.41. The van der Waals surface area contributed by atoms with Crippen LogP contribution in [-0.4, -0.2) is 55.5 Å². The maximum atomic E-state index is 12.7. The summed E-state index contributed by atoms with van der Waals surface area (Å²) in [6.45, 7) is 5.25. The third kappa shape index (κ3) is 4.87. The van der Waals surface area contributed by atoms with Gasteiger partial charge in [0, 0.05) is 37.9 Å². The first-order valence-electron chi connectivity index (χ1n) is 11.4. The molecule has 2 aromatic carbocycles. The minimum atomic E-state index is -0.390. The second-order valence-electron chi connectivity index (χ2n) is 8.81. The molecule has 33 heavy (non-hydrogen) atoms. The molecule has 0 radical (unpaired) electrons. The monoisotopic (exact) mass is 450 g/mol. The van der Waals surface area contributed by atoms with E-state index in [0.717, 1.165) is 28.0 Å². The topological polar surface area (TPSA) is 84.9 Å². The number of piperidine rings is 1. The Morgan fingerprint density at radius 2 is 1.85 bits per heavy atom. The maximum absolute atomic E-state index is 12.7. The molecular formula is C26H30N2O5. The van der Waals surface area contributed by atoms with E-state index in [4.69, 9.17) is 9.47 Å². The molecule has 1 fully saturated rings. The van der Waals surface area contributed by atoms with Crippen LogP contribution in [0.3, 0.4) is 0 Å². The van der Waals surface area contributed by atoms with Crippen LogP contribution < -0.4 is 10.1 Å². The molecule has 2 aliphatic rings. The number of fused-ring (bicyclic) bond motifs is 1. The molecule has 7 heteroatoms. The summed E-state index contributed by atoms with van der Waals surface area (Å²) in [4.78, 5) is 38.3. The summed E-state index contributed by atoms with van der Waals surface area (Å²) in [7, 11) is 1.37. The number of amides is 2. The number of esters is 1. The van der Waals surface area contributed by atoms with E-state index in [1.807, 2.05) is 31.2 Å². The summed E-state index contributed by atoms with van der Waals surface area (Å²) in [5.74, 6) is 0.370. The zero-order valence-electron chi connectivity index (χ0n) is 19.3. The van der Waals surface area contributed by atoms with E-state index in [1.54, 1.807) is 17.9 Å². The van der Waals surface area contributed by atoms with E-state index in [0.29, 0.717) is 44.5 Å². The fourth-order valence-electron chi connectivity index (χ4n) is 4.73. The van der Waals surface area contributed by atoms with Crippen molar-refractivity contribution in [1.29, 1.82) is 0 Å². The van der Waals surface area contributed by atoms with Crippen molar-refractivity contribution in [3.8, 4) is 16.9 Å². The molecule has 1 N–H and O–H groups in total. The molecule has 1 saturated heterocycles. The number of hydrogen-bond acceptors (Lipinski definition) is 5. The number of ether oxygens (including phenoxy) is 2. The smallest absolute Gasteiger partial charge is 0.338 e. The van der Waals surface area contributed by atoms with Crippen molar-refractivity contribution < 1.29 is 23.9 Å². The van der Waals surface area contributed by atoms with Crippen molar-refractivity contribution in [2.24, 2.45) is 5.92 Å². The third-order valence-electron chi connectivity index (χ3n) is 6.48. The standard InChI is InChI=1S/C26H30N2O5/c1-16-12-19-14-20(15-27-25(30)18-8-10-28(11-9-18)17(2)29)33-24(19)23(13-16)21-6-4-5-7-22(21)26(31)32-3/h4-7,12-13,18,20H,8-11,14-15H2,1-3H3,(H,27,30)/t20-/m0/s1. The van der Waals surface area contributed by atoms with E-state index < -0.39 is 5.97 Å². The molecule has 2 aromatic rings. The summed E-state index contributed by atoms with van der Waals surface area (Å²) in [5.41, 5.74) is 4.26. The van der Waals surface area contributed by atoms with Gasteiger partial charge in [-0.2, -0.15) is 0 Å². The molecule has 0 aromatic heterocycles. The molecule has 1 atom stereocenters. The Hall–Kier alpha value is -3.35. The van der Waals surface area contributed by atoms with Gasteiger partial charge in [-0.15, -0.1) is 0 Å². The van der Waals surface area contributed by atoms with E-state index >= 15 is 0 Å². The Bertz CT molecular complexity index is 1070. The number of rotatable bonds is 5. The number of methoxy groups -OCH3 is 1. The largest absolute Gasteiger partial charge is 0.487 e. The molecule has 7 nitrogen and oxygen atoms in total. The lowest BCUT2D eigenvalue weighted by molar-refractivity contribution is -0.134. The molecule has 0 bridgehead atoms. The molecule has 4 rings (SSSR count). The van der Waals surface area contributed by atoms with Crippen LogP contribution in [-0.2, 0) is 20.7 Å². The lowest BCUT2D eigenvalue weighted by Gasteiger charge is -2.30. The van der Waals surface area contributed by atoms with Crippen molar-refractivity contribution in [2.75, 3.05) is 26.7 Å². The van der Waals surface area contributed by atoms with E-state index in [2.05, 4.69) is 11.4 Å². The number of benzene rings is 2. The van der Waals surface area contributed by atoms with Crippen LogP contribution in [0.1, 0.15) is 41.3 Å². The number of carbonyl (C=O) groups excluding carboxylic acids is 3. The maximum Gasteiger partial charge on any atom is 0.338 e. The molecular weight excluding hydrogens is 420 g/mol. The zero-order valence-corrected chi connectivity index (χ0v) is 19.3. The van der Waals surface area contributed by atoms with Gasteiger partial charge in [0.15, 0.2) is 0 Å². The van der Waals surface area contributed by atoms with Crippen molar-refractivity contribution >= 4 is 17.8 Å². The lowest BCUT2D eigenvalue weighted by atomic mass is 9.94. The number of nitrogens with zero attached hydrogens (tertiary/aromatic N) is 1. The van der Waals surface area contributed by atoms with Crippen LogP contribution in [0.4, 0.5) is 0 Å². The summed E-state index contributed by atoms with van der Waals surface area (Å²) >= 11 is 0. The number of nitrogens with one attached hydrogen (secondary N) is 1. The van der Waals surface area contributed by atoms with Crippen molar-refractivity contribution in [1.82, 2.24) is 10.2 Å². The first-order chi connectivity index (χ1) is 15.9. The number of carbonyl (C=O) groups is 3. The van der Waals surface area contributed by atoms with E-state index in [-0.39, 0.29) is 23.8 Å². The summed E-state index contributed by atoms with van der Waals surface area (Å²) < 4.78 is 11.2. The third-order valence-corrected chi connectivity index (χ3v) is 6.48. The predicted molar refractivity (Wildman–Crippen MR) is 124 cm³/mol. The second-order valence-corrected chi connectivity index (χ2v) is 8.81. The van der Waals surface area contributed by atoms with Gasteiger partial charge in [0.05, 0.1) is 19.2 Å². The van der Waals surface area contributed by atoms with Crippen molar-refractivity contribution in [3.63, 3.8) is 0 Å². The summed E-state index contributed by atoms with van der Waals surface area (Å²) in [5, 5.41) is 3.04. The number of likely N-dealkylation sites (tertiary alicyclic amines) is 1. The van der Waals surface area contributed by atoms with Crippen LogP contribution >= 0.6 is 0 Å². The van der Waals surface area contributed by atoms with Crippen LogP contribution in [0.5, 0.6) is 5.75 Å². The highest BCUT2D eigenvalue weighted by atomic mass is 16.5. The minimum Gasteiger partial charge on any atom is -0.487 e. The van der Waals surface area contributed by atoms with Gasteiger partial charge in [-0.25, -0.2) is 4.79 Å². The first kappa shape index (κ1) is 22.8. The molecule has 0 aliphatic carbocycles. The Balaban J connectivity index is 1.45. The highest BCUT2D eigenvalue weighted by molar-refractivity contribution is 5.98. The Labute approximate surface area is 194 Å². The minimum absolute atomic E-state index is 0.0187. The lowest BCUT2D eigenvalue weighted by Crippen LogP contribution is -2.44. The second kappa shape index (κ2) is 9.65. The SMILES string of the molecule is COC(=O)c1ccccc1-c1cc(C)cc2c1O[C@H](CNC(=O)C1CCN(C(C)=O)CC1)C2. The van der Waals surface area contributed by atoms with Crippen molar-refractivity contribution in [3.05, 3.63) is 53.1 Å². The van der Waals surface area contributed by atoms with E-state index in [9.17, 15) is 14.4 Å². The first-order valence-corrected chi connectivity index (χ1v) is 11.4. The molecule has 0 saturated carbocycles. The fourth-order valence-corrected chi connectivity index (χ4v) is 4.73. The van der Waals surface area contributed by atoms with Gasteiger partial charge in [-0.05, 0) is 48.6 Å². The average Bonchev–Trinajstić information content (AvgIpc) is 3.24. The normalized spacial score (nSPS) is 17.8.